The summed E-state index contributed by atoms with van der Waals surface area (Å²) in [5.74, 6) is 1.37. The Morgan fingerprint density at radius 2 is 1.23 bits per heavy atom. The molecule has 0 spiro atoms. The Bertz CT molecular complexity index is 3290. The second-order valence-electron chi connectivity index (χ2n) is 21.3. The molecule has 444 valence electrons. The zero-order valence-corrected chi connectivity index (χ0v) is 46.6. The van der Waals surface area contributed by atoms with Gasteiger partial charge in [0.15, 0.2) is 23.2 Å². The first-order valence-electron chi connectivity index (χ1n) is 26.7. The zero-order valence-electron chi connectivity index (χ0n) is 45.1. The van der Waals surface area contributed by atoms with Gasteiger partial charge in [0.1, 0.15) is 37.1 Å². The number of nitrogen functional groups attached to an aromatic ring is 1. The number of carbonyl (C=O) groups excluding carboxylic acids is 1. The Morgan fingerprint density at radius 3 is 1.80 bits per heavy atom. The molecular formula is C58H64Cl2F6N10O7. The lowest BCUT2D eigenvalue weighted by atomic mass is 9.99. The number of piperidine rings is 2. The second-order valence-corrected chi connectivity index (χ2v) is 22.1. The summed E-state index contributed by atoms with van der Waals surface area (Å²) in [5.41, 5.74) is 6.70. The van der Waals surface area contributed by atoms with Gasteiger partial charge in [-0.05, 0) is 102 Å². The van der Waals surface area contributed by atoms with Crippen molar-refractivity contribution in [1.29, 1.82) is 0 Å². The second kappa shape index (κ2) is 24.7. The third-order valence-electron chi connectivity index (χ3n) is 14.1. The van der Waals surface area contributed by atoms with E-state index in [4.69, 9.17) is 57.4 Å². The molecule has 0 aliphatic carbocycles. The number of halogens is 8. The van der Waals surface area contributed by atoms with Crippen LogP contribution in [0.25, 0.3) is 22.5 Å². The molecule has 10 heterocycles. The molecule has 25 heteroatoms. The van der Waals surface area contributed by atoms with Crippen LogP contribution in [0.4, 0.5) is 65.8 Å². The van der Waals surface area contributed by atoms with Crippen molar-refractivity contribution in [3.8, 4) is 34.3 Å². The fraction of sp³-hybridized carbons (Fsp3) is 0.431. The van der Waals surface area contributed by atoms with Gasteiger partial charge >= 0.3 is 18.4 Å². The quantitative estimate of drug-likeness (QED) is 0.116. The lowest BCUT2D eigenvalue weighted by molar-refractivity contribution is -0.142. The topological polar surface area (TPSA) is 184 Å². The van der Waals surface area contributed by atoms with Crippen molar-refractivity contribution in [2.24, 2.45) is 0 Å². The van der Waals surface area contributed by atoms with Crippen LogP contribution in [0.1, 0.15) is 71.9 Å². The van der Waals surface area contributed by atoms with Crippen LogP contribution < -0.4 is 40.5 Å². The highest BCUT2D eigenvalue weighted by Crippen LogP contribution is 2.44. The number of aromatic nitrogens is 4. The smallest absolute Gasteiger partial charge is 0.416 e. The van der Waals surface area contributed by atoms with Crippen molar-refractivity contribution in [3.05, 3.63) is 118 Å². The van der Waals surface area contributed by atoms with Crippen LogP contribution in [0.2, 0.25) is 10.0 Å². The summed E-state index contributed by atoms with van der Waals surface area (Å²) in [6.45, 7) is 12.2. The molecule has 17 nitrogen and oxygen atoms in total. The zero-order chi connectivity index (χ0) is 58.1. The number of ether oxygens (including phenoxy) is 6. The number of alkyl halides is 6. The van der Waals surface area contributed by atoms with E-state index < -0.39 is 41.1 Å². The lowest BCUT2D eigenvalue weighted by Gasteiger charge is -2.46. The van der Waals surface area contributed by atoms with Gasteiger partial charge in [-0.15, -0.1) is 0 Å². The summed E-state index contributed by atoms with van der Waals surface area (Å²) >= 11 is 12.9. The molecule has 2 aromatic carbocycles. The molecule has 4 N–H and O–H groups in total. The van der Waals surface area contributed by atoms with E-state index in [2.05, 4.69) is 40.4 Å². The molecule has 6 aliphatic heterocycles. The highest BCUT2D eigenvalue weighted by Gasteiger charge is 2.41. The van der Waals surface area contributed by atoms with Crippen LogP contribution in [0.5, 0.6) is 11.8 Å². The monoisotopic (exact) mass is 1200 g/mol. The molecular weight excluding hydrogens is 1130 g/mol. The average molecular weight is 1200 g/mol. The number of pyridine rings is 4. The number of hydrogen-bond acceptors (Lipinski definition) is 15. The molecule has 2 amide bonds. The van der Waals surface area contributed by atoms with Crippen molar-refractivity contribution >= 4 is 63.9 Å². The van der Waals surface area contributed by atoms with Gasteiger partial charge in [-0.1, -0.05) is 67.0 Å². The van der Waals surface area contributed by atoms with Crippen molar-refractivity contribution in [3.63, 3.8) is 0 Å². The van der Waals surface area contributed by atoms with Gasteiger partial charge in [-0.2, -0.15) is 36.3 Å². The number of nitrogens with two attached hydrogens (primary N) is 1. The molecule has 0 radical (unpaired) electrons. The molecule has 6 aromatic rings. The van der Waals surface area contributed by atoms with Gasteiger partial charge in [-0.25, -0.2) is 14.8 Å². The van der Waals surface area contributed by atoms with Crippen LogP contribution in [0.15, 0.2) is 97.1 Å². The summed E-state index contributed by atoms with van der Waals surface area (Å²) in [5, 5.41) is 6.77. The van der Waals surface area contributed by atoms with Gasteiger partial charge in [0.05, 0.1) is 63.2 Å². The van der Waals surface area contributed by atoms with E-state index in [9.17, 15) is 31.1 Å². The Labute approximate surface area is 486 Å². The Balaban J connectivity index is 0.000000169. The van der Waals surface area contributed by atoms with Gasteiger partial charge in [0.25, 0.3) is 0 Å². The number of carbonyl (C=O) groups is 1. The maximum absolute atomic E-state index is 13.8. The Morgan fingerprint density at radius 1 is 0.699 bits per heavy atom. The largest absolute Gasteiger partial charge is 0.475 e. The molecule has 0 unspecified atom stereocenters. The Hall–Kier alpha value is -6.89. The van der Waals surface area contributed by atoms with E-state index in [1.807, 2.05) is 27.7 Å². The summed E-state index contributed by atoms with van der Waals surface area (Å²) in [7, 11) is 0. The number of fused-ring (bicyclic) bond motifs is 8. The highest BCUT2D eigenvalue weighted by atomic mass is 35.5. The maximum atomic E-state index is 13.8. The van der Waals surface area contributed by atoms with E-state index in [1.54, 1.807) is 59.5 Å². The van der Waals surface area contributed by atoms with E-state index in [0.29, 0.717) is 83.6 Å². The summed E-state index contributed by atoms with van der Waals surface area (Å²) in [6, 6.07) is 23.4. The molecule has 4 aromatic heterocycles. The number of amides is 2. The number of hydrogen-bond donors (Lipinski definition) is 3. The molecule has 4 fully saturated rings. The number of benzene rings is 2. The van der Waals surface area contributed by atoms with E-state index >= 15 is 0 Å². The predicted molar refractivity (Wildman–Crippen MR) is 305 cm³/mol. The van der Waals surface area contributed by atoms with Crippen molar-refractivity contribution < 1.29 is 59.6 Å². The minimum Gasteiger partial charge on any atom is -0.475 e. The normalized spacial score (nSPS) is 20.9. The molecule has 4 saturated heterocycles. The standard InChI is InChI=1S/C29H29ClF3N5O4.C17H15ClF3N3.C11H16N2O3.CH4/c1-28(2)41-16-20(42-28)15-40-24-10-4-9-23(34-24)35-27(39)38-19-8-5-11-37(14-19)22-13-21(30)25(36-26(22)38)17-6-3-7-18(12-17)29(31,32)33;18-13-8-14-16(22-12-5-2-6-24(14)9-12)23-15(13)10-3-1-4-11(7-10)17(19,20)21;1-11(2)15-7-8(16-11)6-14-10-5-3-4-9(12)13-10;/h3-4,6-7,9-10,12-13,19-20H,5,8,11,14-16H2,1-2H3,(H,34,35,39);1,3-4,7-8,12H,2,5-6,9H2,(H,22,23);3-5,8H,6-7H2,1-2H3,(H2,12,13);1H4/t19-,20-;12-;8-;/m000./s1. The minimum absolute atomic E-state index is 0. The molecule has 4 bridgehead atoms. The molecule has 83 heavy (non-hydrogen) atoms. The number of anilines is 6. The number of urea groups is 1. The molecule has 4 atom stereocenters. The maximum Gasteiger partial charge on any atom is 0.416 e. The predicted octanol–water partition coefficient (Wildman–Crippen LogP) is 13.0. The van der Waals surface area contributed by atoms with E-state index in [-0.39, 0.29) is 54.4 Å². The van der Waals surface area contributed by atoms with E-state index in [1.165, 1.54) is 18.2 Å². The summed E-state index contributed by atoms with van der Waals surface area (Å²) in [6.07, 6.45) is -5.46. The molecule has 6 aliphatic rings. The van der Waals surface area contributed by atoms with Crippen LogP contribution in [0.3, 0.4) is 0 Å². The first kappa shape index (κ1) is 60.7. The third-order valence-corrected chi connectivity index (χ3v) is 14.7. The van der Waals surface area contributed by atoms with Crippen molar-refractivity contribution in [2.75, 3.05) is 83.7 Å². The van der Waals surface area contributed by atoms with Crippen LogP contribution in [0, 0.1) is 0 Å². The summed E-state index contributed by atoms with van der Waals surface area (Å²) < 4.78 is 113. The SMILES string of the molecule is C.CC1(C)OC[C@H](COc2cccc(N)n2)O1.CC1(C)OC[C@H](COc2cccc(NC(=O)N3c4nc(-c5cccc(C(F)(F)F)c5)c(Cl)cc4N4CCC[C@H]3C4)n2)O1.FC(F)(F)c1cccc(-c2nc3c(cc2Cl)N2CCC[C@@H](C2)N3)c1. The van der Waals surface area contributed by atoms with E-state index in [0.717, 1.165) is 75.3 Å². The lowest BCUT2D eigenvalue weighted by Crippen LogP contribution is -2.56. The number of nitrogens with zero attached hydrogens (tertiary/aromatic N) is 7. The fourth-order valence-electron chi connectivity index (χ4n) is 10.4. The van der Waals surface area contributed by atoms with Crippen LogP contribution in [-0.4, -0.2) is 114 Å². The fourth-order valence-corrected chi connectivity index (χ4v) is 10.9. The minimum atomic E-state index is -4.52. The molecule has 12 rings (SSSR count). The van der Waals surface area contributed by atoms with Crippen LogP contribution >= 0.6 is 23.2 Å². The van der Waals surface area contributed by atoms with Crippen LogP contribution in [-0.2, 0) is 31.3 Å². The van der Waals surface area contributed by atoms with Gasteiger partial charge < -0.3 is 49.3 Å². The first-order chi connectivity index (χ1) is 38.9. The third kappa shape index (κ3) is 14.7. The van der Waals surface area contributed by atoms with Gasteiger partial charge in [0.2, 0.25) is 11.8 Å². The van der Waals surface area contributed by atoms with Crippen molar-refractivity contribution in [2.45, 2.75) is 109 Å². The van der Waals surface area contributed by atoms with Crippen molar-refractivity contribution in [1.82, 2.24) is 19.9 Å². The molecule has 0 saturated carbocycles. The Kier molecular flexibility index (Phi) is 18.1. The summed E-state index contributed by atoms with van der Waals surface area (Å²) in [4.78, 5) is 37.3. The number of nitrogens with one attached hydrogen (secondary N) is 2. The highest BCUT2D eigenvalue weighted by molar-refractivity contribution is 6.34. The number of rotatable bonds is 9. The average Bonchev–Trinajstić information content (AvgIpc) is 2.51. The first-order valence-corrected chi connectivity index (χ1v) is 27.4. The van der Waals surface area contributed by atoms with Gasteiger partial charge in [0, 0.05) is 55.5 Å². The van der Waals surface area contributed by atoms with Gasteiger partial charge in [-0.3, -0.25) is 10.2 Å².